The third kappa shape index (κ3) is 4.71. The molecule has 0 aliphatic rings. The molecule has 0 aliphatic carbocycles. The van der Waals surface area contributed by atoms with Crippen molar-refractivity contribution in [3.8, 4) is 6.07 Å². The van der Waals surface area contributed by atoms with Gasteiger partial charge in [-0.15, -0.1) is 11.3 Å². The van der Waals surface area contributed by atoms with Crippen molar-refractivity contribution in [2.45, 2.75) is 19.9 Å². The summed E-state index contributed by atoms with van der Waals surface area (Å²) in [4.78, 5) is 6.62. The number of rotatable bonds is 7. The Kier molecular flexibility index (Phi) is 6.01. The average molecular weight is 239 g/mol. The van der Waals surface area contributed by atoms with Gasteiger partial charge >= 0.3 is 0 Å². The minimum atomic E-state index is 0.550. The van der Waals surface area contributed by atoms with E-state index in [-0.39, 0.29) is 0 Å². The van der Waals surface area contributed by atoms with E-state index in [1.54, 1.807) is 18.4 Å². The van der Waals surface area contributed by atoms with Gasteiger partial charge in [-0.25, -0.2) is 4.98 Å². The number of nitrogens with zero attached hydrogens (tertiary/aromatic N) is 3. The van der Waals surface area contributed by atoms with E-state index in [9.17, 15) is 0 Å². The van der Waals surface area contributed by atoms with Crippen molar-refractivity contribution in [1.82, 2.24) is 9.88 Å². The van der Waals surface area contributed by atoms with Crippen LogP contribution in [0.2, 0.25) is 0 Å². The molecule has 0 atom stereocenters. The summed E-state index contributed by atoms with van der Waals surface area (Å²) in [7, 11) is 1.69. The largest absolute Gasteiger partial charge is 0.383 e. The molecule has 88 valence electrons. The Morgan fingerprint density at radius 2 is 2.38 bits per heavy atom. The lowest BCUT2D eigenvalue weighted by Gasteiger charge is -2.19. The minimum Gasteiger partial charge on any atom is -0.383 e. The second kappa shape index (κ2) is 7.34. The van der Waals surface area contributed by atoms with Crippen molar-refractivity contribution in [1.29, 1.82) is 5.26 Å². The molecule has 1 rings (SSSR count). The van der Waals surface area contributed by atoms with Crippen LogP contribution in [0, 0.1) is 18.3 Å². The Labute approximate surface area is 100 Å². The first kappa shape index (κ1) is 13.1. The zero-order chi connectivity index (χ0) is 11.8. The van der Waals surface area contributed by atoms with Crippen LogP contribution >= 0.6 is 11.3 Å². The number of ether oxygens (including phenoxy) is 1. The summed E-state index contributed by atoms with van der Waals surface area (Å²) >= 11 is 1.67. The molecule has 0 saturated carbocycles. The predicted octanol–water partition coefficient (Wildman–Crippen LogP) is 1.81. The average Bonchev–Trinajstić information content (AvgIpc) is 2.68. The highest BCUT2D eigenvalue weighted by Crippen LogP contribution is 2.11. The molecule has 16 heavy (non-hydrogen) atoms. The van der Waals surface area contributed by atoms with Gasteiger partial charge in [0.25, 0.3) is 0 Å². The van der Waals surface area contributed by atoms with Crippen molar-refractivity contribution in [3.63, 3.8) is 0 Å². The Morgan fingerprint density at radius 1 is 1.56 bits per heavy atom. The maximum Gasteiger partial charge on any atom is 0.107 e. The van der Waals surface area contributed by atoms with Gasteiger partial charge in [-0.3, -0.25) is 4.90 Å². The van der Waals surface area contributed by atoms with Crippen molar-refractivity contribution >= 4 is 11.3 Å². The quantitative estimate of drug-likeness (QED) is 0.728. The first-order chi connectivity index (χ1) is 7.76. The molecule has 5 heteroatoms. The molecule has 0 fully saturated rings. The van der Waals surface area contributed by atoms with Crippen LogP contribution < -0.4 is 0 Å². The normalized spacial score (nSPS) is 10.6. The molecule has 4 nitrogen and oxygen atoms in total. The number of aryl methyl sites for hydroxylation is 1. The summed E-state index contributed by atoms with van der Waals surface area (Å²) < 4.78 is 5.05. The fraction of sp³-hybridized carbons (Fsp3) is 0.636. The molecule has 0 spiro atoms. The summed E-state index contributed by atoms with van der Waals surface area (Å²) in [5.74, 6) is 0. The van der Waals surface area contributed by atoms with Crippen LogP contribution in [0.5, 0.6) is 0 Å². The van der Waals surface area contributed by atoms with Gasteiger partial charge in [-0.05, 0) is 6.92 Å². The Bertz CT molecular complexity index is 345. The van der Waals surface area contributed by atoms with E-state index in [4.69, 9.17) is 10.00 Å². The molecule has 0 unspecified atom stereocenters. The Balaban J connectivity index is 2.45. The summed E-state index contributed by atoms with van der Waals surface area (Å²) in [5, 5.41) is 11.7. The molecule has 1 heterocycles. The van der Waals surface area contributed by atoms with E-state index in [1.165, 1.54) is 0 Å². The summed E-state index contributed by atoms with van der Waals surface area (Å²) in [6, 6.07) is 2.17. The smallest absolute Gasteiger partial charge is 0.107 e. The van der Waals surface area contributed by atoms with Gasteiger partial charge in [0.15, 0.2) is 0 Å². The van der Waals surface area contributed by atoms with E-state index in [2.05, 4.69) is 16.0 Å². The molecule has 0 aromatic carbocycles. The van der Waals surface area contributed by atoms with Crippen LogP contribution in [0.1, 0.15) is 17.1 Å². The standard InChI is InChI=1S/C11H17N3OS/c1-10-9-16-11(13-10)8-14(5-3-4-12)6-7-15-2/h9H,3,5-8H2,1-2H3. The fourth-order valence-electron chi connectivity index (χ4n) is 1.37. The van der Waals surface area contributed by atoms with Crippen LogP contribution in [0.3, 0.4) is 0 Å². The minimum absolute atomic E-state index is 0.550. The molecule has 0 aliphatic heterocycles. The zero-order valence-corrected chi connectivity index (χ0v) is 10.6. The molecule has 0 amide bonds. The van der Waals surface area contributed by atoms with E-state index in [1.807, 2.05) is 12.3 Å². The topological polar surface area (TPSA) is 49.1 Å². The third-order valence-electron chi connectivity index (χ3n) is 2.18. The maximum atomic E-state index is 8.59. The lowest BCUT2D eigenvalue weighted by Crippen LogP contribution is -2.27. The second-order valence-electron chi connectivity index (χ2n) is 3.56. The second-order valence-corrected chi connectivity index (χ2v) is 4.50. The molecule has 1 aromatic heterocycles. The molecule has 0 bridgehead atoms. The van der Waals surface area contributed by atoms with Gasteiger partial charge in [0.2, 0.25) is 0 Å². The van der Waals surface area contributed by atoms with Crippen molar-refractivity contribution < 1.29 is 4.74 Å². The fourth-order valence-corrected chi connectivity index (χ4v) is 2.18. The Hall–Kier alpha value is -0.960. The molecule has 0 radical (unpaired) electrons. The number of nitriles is 1. The molecule has 0 saturated heterocycles. The first-order valence-corrected chi connectivity index (χ1v) is 6.13. The van der Waals surface area contributed by atoms with Crippen LogP contribution in [-0.4, -0.2) is 36.7 Å². The highest BCUT2D eigenvalue weighted by atomic mass is 32.1. The highest BCUT2D eigenvalue weighted by molar-refractivity contribution is 7.09. The SMILES string of the molecule is COCCN(CCC#N)Cc1nc(C)cs1. The van der Waals surface area contributed by atoms with Crippen LogP contribution in [0.4, 0.5) is 0 Å². The Morgan fingerprint density at radius 3 is 2.94 bits per heavy atom. The van der Waals surface area contributed by atoms with Gasteiger partial charge in [0.1, 0.15) is 5.01 Å². The number of aromatic nitrogens is 1. The summed E-state index contributed by atoms with van der Waals surface area (Å²) in [6.45, 7) is 5.11. The van der Waals surface area contributed by atoms with Crippen molar-refractivity contribution in [3.05, 3.63) is 16.1 Å². The van der Waals surface area contributed by atoms with Crippen LogP contribution in [-0.2, 0) is 11.3 Å². The first-order valence-electron chi connectivity index (χ1n) is 5.25. The predicted molar refractivity (Wildman–Crippen MR) is 64.2 cm³/mol. The molecular weight excluding hydrogens is 222 g/mol. The monoisotopic (exact) mass is 239 g/mol. The van der Waals surface area contributed by atoms with Crippen LogP contribution in [0.15, 0.2) is 5.38 Å². The number of thiazole rings is 1. The van der Waals surface area contributed by atoms with E-state index < -0.39 is 0 Å². The summed E-state index contributed by atoms with van der Waals surface area (Å²) in [6.07, 6.45) is 0.550. The van der Waals surface area contributed by atoms with Gasteiger partial charge in [-0.1, -0.05) is 0 Å². The zero-order valence-electron chi connectivity index (χ0n) is 9.77. The van der Waals surface area contributed by atoms with E-state index in [0.29, 0.717) is 13.0 Å². The van der Waals surface area contributed by atoms with Gasteiger partial charge in [-0.2, -0.15) is 5.26 Å². The van der Waals surface area contributed by atoms with Gasteiger partial charge in [0, 0.05) is 37.7 Å². The van der Waals surface area contributed by atoms with Gasteiger partial charge < -0.3 is 4.74 Å². The van der Waals surface area contributed by atoms with Crippen molar-refractivity contribution in [2.75, 3.05) is 26.8 Å². The molecule has 1 aromatic rings. The third-order valence-corrected chi connectivity index (χ3v) is 3.13. The molecular formula is C11H17N3OS. The lowest BCUT2D eigenvalue weighted by molar-refractivity contribution is 0.145. The number of hydrogen-bond acceptors (Lipinski definition) is 5. The number of methoxy groups -OCH3 is 1. The van der Waals surface area contributed by atoms with Crippen molar-refractivity contribution in [2.24, 2.45) is 0 Å². The maximum absolute atomic E-state index is 8.59. The molecule has 0 N–H and O–H groups in total. The number of hydrogen-bond donors (Lipinski definition) is 0. The van der Waals surface area contributed by atoms with Crippen LogP contribution in [0.25, 0.3) is 0 Å². The highest BCUT2D eigenvalue weighted by Gasteiger charge is 2.07. The lowest BCUT2D eigenvalue weighted by atomic mass is 10.4. The van der Waals surface area contributed by atoms with E-state index >= 15 is 0 Å². The van der Waals surface area contributed by atoms with E-state index in [0.717, 1.165) is 30.3 Å². The summed E-state index contributed by atoms with van der Waals surface area (Å²) in [5.41, 5.74) is 1.06. The van der Waals surface area contributed by atoms with Gasteiger partial charge in [0.05, 0.1) is 19.2 Å².